The van der Waals surface area contributed by atoms with Crippen LogP contribution >= 0.6 is 0 Å². The molecule has 0 aliphatic rings. The van der Waals surface area contributed by atoms with Gasteiger partial charge in [0.2, 0.25) is 0 Å². The van der Waals surface area contributed by atoms with Gasteiger partial charge >= 0.3 is 6.18 Å². The lowest BCUT2D eigenvalue weighted by Gasteiger charge is -2.07. The van der Waals surface area contributed by atoms with E-state index >= 15 is 0 Å². The molecule has 0 aliphatic carbocycles. The van der Waals surface area contributed by atoms with Crippen LogP contribution in [0.3, 0.4) is 0 Å². The van der Waals surface area contributed by atoms with E-state index in [2.05, 4.69) is 20.0 Å². The lowest BCUT2D eigenvalue weighted by atomic mass is 10.5. The van der Waals surface area contributed by atoms with E-state index < -0.39 is 12.8 Å². The third-order valence-electron chi connectivity index (χ3n) is 1.59. The first kappa shape index (κ1) is 12.9. The molecule has 0 amide bonds. The summed E-state index contributed by atoms with van der Waals surface area (Å²) in [4.78, 5) is 7.88. The van der Waals surface area contributed by atoms with Gasteiger partial charge in [-0.05, 0) is 6.07 Å². The van der Waals surface area contributed by atoms with Gasteiger partial charge in [-0.25, -0.2) is 9.97 Å². The molecule has 0 aromatic carbocycles. The van der Waals surface area contributed by atoms with E-state index in [1.807, 2.05) is 0 Å². The summed E-state index contributed by atoms with van der Waals surface area (Å²) in [5, 5.41) is 2.87. The molecule has 1 N–H and O–H groups in total. The maximum absolute atomic E-state index is 11.7. The molecule has 0 fully saturated rings. The summed E-state index contributed by atoms with van der Waals surface area (Å²) in [6.45, 7) is -0.465. The highest BCUT2D eigenvalue weighted by Crippen LogP contribution is 2.13. The van der Waals surface area contributed by atoms with Gasteiger partial charge in [0.1, 0.15) is 12.4 Å². The van der Waals surface area contributed by atoms with Gasteiger partial charge in [-0.15, -0.1) is 0 Å². The largest absolute Gasteiger partial charge is 0.411 e. The number of halogens is 3. The molecule has 7 heteroatoms. The molecule has 0 radical (unpaired) electrons. The first-order valence-electron chi connectivity index (χ1n) is 4.69. The summed E-state index contributed by atoms with van der Waals surface area (Å²) in [6.07, 6.45) is -1.06. The molecule has 1 rings (SSSR count). The second kappa shape index (κ2) is 6.39. The van der Waals surface area contributed by atoms with Crippen molar-refractivity contribution < 1.29 is 17.9 Å². The van der Waals surface area contributed by atoms with E-state index in [1.54, 1.807) is 18.5 Å². The van der Waals surface area contributed by atoms with E-state index in [1.165, 1.54) is 0 Å². The molecular formula is C9H12F3N3O. The van der Waals surface area contributed by atoms with Crippen LogP contribution in [0.1, 0.15) is 5.82 Å². The Morgan fingerprint density at radius 2 is 1.94 bits per heavy atom. The molecule has 0 aliphatic heterocycles. The number of alkyl halides is 3. The third kappa shape index (κ3) is 6.31. The molecule has 1 aromatic rings. The first-order chi connectivity index (χ1) is 7.58. The molecule has 1 heterocycles. The standard InChI is InChI=1S/C9H12F3N3O/c10-9(11,12)7-16-5-4-13-6-8-14-2-1-3-15-8/h1-3,13H,4-7H2. The van der Waals surface area contributed by atoms with Crippen LogP contribution in [-0.4, -0.2) is 35.9 Å². The Labute approximate surface area is 90.9 Å². The Kier molecular flexibility index (Phi) is 5.13. The maximum Gasteiger partial charge on any atom is 0.411 e. The first-order valence-corrected chi connectivity index (χ1v) is 4.69. The molecule has 0 atom stereocenters. The van der Waals surface area contributed by atoms with E-state index in [4.69, 9.17) is 0 Å². The van der Waals surface area contributed by atoms with Crippen molar-refractivity contribution in [1.82, 2.24) is 15.3 Å². The molecule has 1 aromatic heterocycles. The van der Waals surface area contributed by atoms with Gasteiger partial charge in [-0.1, -0.05) is 0 Å². The quantitative estimate of drug-likeness (QED) is 0.751. The van der Waals surface area contributed by atoms with Crippen LogP contribution in [-0.2, 0) is 11.3 Å². The lowest BCUT2D eigenvalue weighted by molar-refractivity contribution is -0.173. The van der Waals surface area contributed by atoms with E-state index in [0.29, 0.717) is 18.9 Å². The van der Waals surface area contributed by atoms with Crippen molar-refractivity contribution in [3.63, 3.8) is 0 Å². The van der Waals surface area contributed by atoms with Crippen LogP contribution in [0.2, 0.25) is 0 Å². The molecule has 0 saturated carbocycles. The highest BCUT2D eigenvalue weighted by Gasteiger charge is 2.27. The van der Waals surface area contributed by atoms with Crippen LogP contribution in [0.5, 0.6) is 0 Å². The number of nitrogens with one attached hydrogen (secondary N) is 1. The number of rotatable bonds is 6. The fourth-order valence-electron chi connectivity index (χ4n) is 0.954. The molecule has 0 saturated heterocycles. The van der Waals surface area contributed by atoms with Crippen molar-refractivity contribution in [2.75, 3.05) is 19.8 Å². The SMILES string of the molecule is FC(F)(F)COCCNCc1ncccn1. The molecule has 0 bridgehead atoms. The van der Waals surface area contributed by atoms with Crippen LogP contribution < -0.4 is 5.32 Å². The summed E-state index contributed by atoms with van der Waals surface area (Å²) < 4.78 is 39.4. The normalized spacial score (nSPS) is 11.7. The smallest absolute Gasteiger partial charge is 0.371 e. The summed E-state index contributed by atoms with van der Waals surface area (Å²) >= 11 is 0. The summed E-state index contributed by atoms with van der Waals surface area (Å²) in [6, 6.07) is 1.69. The second-order valence-corrected chi connectivity index (χ2v) is 3.01. The second-order valence-electron chi connectivity index (χ2n) is 3.01. The number of hydrogen-bond acceptors (Lipinski definition) is 4. The highest BCUT2D eigenvalue weighted by molar-refractivity contribution is 4.87. The lowest BCUT2D eigenvalue weighted by Crippen LogP contribution is -2.24. The molecular weight excluding hydrogens is 223 g/mol. The van der Waals surface area contributed by atoms with Crippen molar-refractivity contribution in [2.45, 2.75) is 12.7 Å². The van der Waals surface area contributed by atoms with Crippen molar-refractivity contribution in [3.05, 3.63) is 24.3 Å². The van der Waals surface area contributed by atoms with Gasteiger partial charge in [0.15, 0.2) is 0 Å². The summed E-state index contributed by atoms with van der Waals surface area (Å²) in [5.41, 5.74) is 0. The predicted molar refractivity (Wildman–Crippen MR) is 50.6 cm³/mol. The van der Waals surface area contributed by atoms with Gasteiger partial charge in [0.25, 0.3) is 0 Å². The Balaban J connectivity index is 2.01. The monoisotopic (exact) mass is 235 g/mol. The number of nitrogens with zero attached hydrogens (tertiary/aromatic N) is 2. The zero-order valence-corrected chi connectivity index (χ0v) is 8.50. The van der Waals surface area contributed by atoms with E-state index in [9.17, 15) is 13.2 Å². The molecule has 16 heavy (non-hydrogen) atoms. The molecule has 90 valence electrons. The van der Waals surface area contributed by atoms with Crippen molar-refractivity contribution >= 4 is 0 Å². The Morgan fingerprint density at radius 1 is 1.25 bits per heavy atom. The minimum atomic E-state index is -4.26. The van der Waals surface area contributed by atoms with E-state index in [0.717, 1.165) is 0 Å². The van der Waals surface area contributed by atoms with Crippen LogP contribution in [0, 0.1) is 0 Å². The zero-order chi connectivity index (χ0) is 11.9. The van der Waals surface area contributed by atoms with Crippen molar-refractivity contribution in [3.8, 4) is 0 Å². The topological polar surface area (TPSA) is 47.0 Å². The van der Waals surface area contributed by atoms with Crippen LogP contribution in [0.15, 0.2) is 18.5 Å². The number of hydrogen-bond donors (Lipinski definition) is 1. The predicted octanol–water partition coefficient (Wildman–Crippen LogP) is 1.15. The number of aromatic nitrogens is 2. The Morgan fingerprint density at radius 3 is 2.56 bits per heavy atom. The van der Waals surface area contributed by atoms with Gasteiger partial charge < -0.3 is 10.1 Å². The van der Waals surface area contributed by atoms with Gasteiger partial charge in [-0.2, -0.15) is 13.2 Å². The van der Waals surface area contributed by atoms with Crippen LogP contribution in [0.4, 0.5) is 13.2 Å². The fourth-order valence-corrected chi connectivity index (χ4v) is 0.954. The van der Waals surface area contributed by atoms with Crippen LogP contribution in [0.25, 0.3) is 0 Å². The average molecular weight is 235 g/mol. The minimum absolute atomic E-state index is 0.00629. The molecule has 0 spiro atoms. The maximum atomic E-state index is 11.7. The minimum Gasteiger partial charge on any atom is -0.371 e. The summed E-state index contributed by atoms with van der Waals surface area (Å²) in [7, 11) is 0. The van der Waals surface area contributed by atoms with Gasteiger partial charge in [0.05, 0.1) is 13.2 Å². The van der Waals surface area contributed by atoms with Crippen molar-refractivity contribution in [1.29, 1.82) is 0 Å². The molecule has 4 nitrogen and oxygen atoms in total. The van der Waals surface area contributed by atoms with Gasteiger partial charge in [0, 0.05) is 18.9 Å². The third-order valence-corrected chi connectivity index (χ3v) is 1.59. The highest BCUT2D eigenvalue weighted by atomic mass is 19.4. The Bertz CT molecular complexity index is 292. The molecule has 0 unspecified atom stereocenters. The zero-order valence-electron chi connectivity index (χ0n) is 8.50. The van der Waals surface area contributed by atoms with E-state index in [-0.39, 0.29) is 6.61 Å². The fraction of sp³-hybridized carbons (Fsp3) is 0.556. The van der Waals surface area contributed by atoms with Crippen molar-refractivity contribution in [2.24, 2.45) is 0 Å². The van der Waals surface area contributed by atoms with Gasteiger partial charge in [-0.3, -0.25) is 0 Å². The Hall–Kier alpha value is -1.21. The summed E-state index contributed by atoms with van der Waals surface area (Å²) in [5.74, 6) is 0.596. The number of ether oxygens (including phenoxy) is 1. The average Bonchev–Trinajstić information content (AvgIpc) is 2.23.